The summed E-state index contributed by atoms with van der Waals surface area (Å²) >= 11 is 3.67. The van der Waals surface area contributed by atoms with Crippen LogP contribution in [0, 0.1) is 0 Å². The number of benzene rings is 3. The molecule has 0 aliphatic rings. The average Bonchev–Trinajstić information content (AvgIpc) is 2.35. The van der Waals surface area contributed by atoms with Gasteiger partial charge in [0.25, 0.3) is 0 Å². The molecular weight excluding hydrogens is 272 g/mol. The fourth-order valence-corrected chi connectivity index (χ4v) is 2.74. The first-order chi connectivity index (χ1) is 8.25. The molecule has 0 spiro atoms. The van der Waals surface area contributed by atoms with E-state index < -0.39 is 0 Å². The van der Waals surface area contributed by atoms with E-state index in [2.05, 4.69) is 77.5 Å². The van der Waals surface area contributed by atoms with Crippen LogP contribution in [0.3, 0.4) is 0 Å². The standard InChI is InChI=1S/C16H13Br/c1-11(17)15-8-4-7-14-9-12-5-2-3-6-13(12)10-16(14)15/h2-11H,1H3. The van der Waals surface area contributed by atoms with Crippen LogP contribution in [0.15, 0.2) is 54.6 Å². The van der Waals surface area contributed by atoms with Gasteiger partial charge < -0.3 is 0 Å². The monoisotopic (exact) mass is 284 g/mol. The predicted octanol–water partition coefficient (Wildman–Crippen LogP) is 5.45. The predicted molar refractivity (Wildman–Crippen MR) is 78.8 cm³/mol. The molecule has 0 radical (unpaired) electrons. The van der Waals surface area contributed by atoms with Crippen LogP contribution < -0.4 is 0 Å². The quantitative estimate of drug-likeness (QED) is 0.412. The molecule has 17 heavy (non-hydrogen) atoms. The van der Waals surface area contributed by atoms with Crippen LogP contribution in [0.5, 0.6) is 0 Å². The summed E-state index contributed by atoms with van der Waals surface area (Å²) in [6.45, 7) is 2.17. The lowest BCUT2D eigenvalue weighted by Crippen LogP contribution is -1.86. The molecule has 0 N–H and O–H groups in total. The van der Waals surface area contributed by atoms with Gasteiger partial charge in [0.05, 0.1) is 0 Å². The van der Waals surface area contributed by atoms with Crippen LogP contribution in [0.4, 0.5) is 0 Å². The maximum Gasteiger partial charge on any atom is 0.0373 e. The van der Waals surface area contributed by atoms with E-state index in [-0.39, 0.29) is 0 Å². The van der Waals surface area contributed by atoms with E-state index in [1.54, 1.807) is 0 Å². The zero-order chi connectivity index (χ0) is 11.8. The summed E-state index contributed by atoms with van der Waals surface area (Å²) in [4.78, 5) is 0.382. The lowest BCUT2D eigenvalue weighted by molar-refractivity contribution is 1.14. The van der Waals surface area contributed by atoms with Gasteiger partial charge in [0.2, 0.25) is 0 Å². The molecule has 0 saturated carbocycles. The molecule has 0 aliphatic heterocycles. The van der Waals surface area contributed by atoms with Crippen LogP contribution in [-0.4, -0.2) is 0 Å². The minimum absolute atomic E-state index is 0.382. The zero-order valence-electron chi connectivity index (χ0n) is 9.65. The Morgan fingerprint density at radius 1 is 0.824 bits per heavy atom. The number of hydrogen-bond acceptors (Lipinski definition) is 0. The summed E-state index contributed by atoms with van der Waals surface area (Å²) in [5.41, 5.74) is 1.35. The van der Waals surface area contributed by atoms with Crippen molar-refractivity contribution in [3.8, 4) is 0 Å². The highest BCUT2D eigenvalue weighted by molar-refractivity contribution is 9.09. The van der Waals surface area contributed by atoms with E-state index >= 15 is 0 Å². The topological polar surface area (TPSA) is 0 Å². The van der Waals surface area contributed by atoms with Crippen LogP contribution in [0.25, 0.3) is 21.5 Å². The van der Waals surface area contributed by atoms with Crippen molar-refractivity contribution in [2.24, 2.45) is 0 Å². The summed E-state index contributed by atoms with van der Waals surface area (Å²) in [5.74, 6) is 0. The summed E-state index contributed by atoms with van der Waals surface area (Å²) in [6, 6.07) is 19.6. The van der Waals surface area contributed by atoms with Crippen LogP contribution in [0.2, 0.25) is 0 Å². The van der Waals surface area contributed by atoms with Crippen molar-refractivity contribution in [3.05, 3.63) is 60.2 Å². The minimum atomic E-state index is 0.382. The molecule has 3 rings (SSSR count). The Balaban J connectivity index is 2.43. The van der Waals surface area contributed by atoms with E-state index in [0.29, 0.717) is 4.83 Å². The van der Waals surface area contributed by atoms with Crippen molar-refractivity contribution in [1.29, 1.82) is 0 Å². The molecule has 0 nitrogen and oxygen atoms in total. The van der Waals surface area contributed by atoms with Crippen molar-refractivity contribution < 1.29 is 0 Å². The molecule has 0 bridgehead atoms. The van der Waals surface area contributed by atoms with Gasteiger partial charge in [-0.3, -0.25) is 0 Å². The highest BCUT2D eigenvalue weighted by Crippen LogP contribution is 2.31. The minimum Gasteiger partial charge on any atom is -0.0842 e. The van der Waals surface area contributed by atoms with E-state index in [1.807, 2.05) is 0 Å². The fourth-order valence-electron chi connectivity index (χ4n) is 2.34. The molecule has 1 heteroatoms. The second-order valence-corrected chi connectivity index (χ2v) is 5.76. The van der Waals surface area contributed by atoms with Gasteiger partial charge in [0.1, 0.15) is 0 Å². The Morgan fingerprint density at radius 2 is 1.47 bits per heavy atom. The van der Waals surface area contributed by atoms with E-state index in [4.69, 9.17) is 0 Å². The molecular formula is C16H13Br. The highest BCUT2D eigenvalue weighted by atomic mass is 79.9. The van der Waals surface area contributed by atoms with E-state index in [9.17, 15) is 0 Å². The zero-order valence-corrected chi connectivity index (χ0v) is 11.2. The molecule has 3 aromatic rings. The van der Waals surface area contributed by atoms with Gasteiger partial charge >= 0.3 is 0 Å². The molecule has 0 saturated heterocycles. The van der Waals surface area contributed by atoms with Gasteiger partial charge in [0, 0.05) is 4.83 Å². The van der Waals surface area contributed by atoms with Gasteiger partial charge in [-0.1, -0.05) is 58.4 Å². The van der Waals surface area contributed by atoms with Gasteiger partial charge in [0.15, 0.2) is 0 Å². The second kappa shape index (κ2) is 4.15. The van der Waals surface area contributed by atoms with Crippen molar-refractivity contribution in [1.82, 2.24) is 0 Å². The number of halogens is 1. The summed E-state index contributed by atoms with van der Waals surface area (Å²) in [6.07, 6.45) is 0. The number of hydrogen-bond donors (Lipinski definition) is 0. The maximum atomic E-state index is 3.67. The highest BCUT2D eigenvalue weighted by Gasteiger charge is 2.06. The molecule has 3 aromatic carbocycles. The van der Waals surface area contributed by atoms with E-state index in [1.165, 1.54) is 27.1 Å². The summed E-state index contributed by atoms with van der Waals surface area (Å²) in [5, 5.41) is 5.27. The molecule has 1 unspecified atom stereocenters. The first kappa shape index (κ1) is 10.8. The second-order valence-electron chi connectivity index (χ2n) is 4.38. The Kier molecular flexibility index (Phi) is 2.64. The summed E-state index contributed by atoms with van der Waals surface area (Å²) < 4.78 is 0. The average molecular weight is 285 g/mol. The van der Waals surface area contributed by atoms with Crippen LogP contribution >= 0.6 is 15.9 Å². The molecule has 0 aliphatic carbocycles. The Hall–Kier alpha value is -1.34. The normalized spacial score (nSPS) is 13.1. The third-order valence-corrected chi connectivity index (χ3v) is 3.70. The third-order valence-electron chi connectivity index (χ3n) is 3.21. The van der Waals surface area contributed by atoms with Crippen molar-refractivity contribution in [3.63, 3.8) is 0 Å². The molecule has 84 valence electrons. The molecule has 0 amide bonds. The number of rotatable bonds is 1. The lowest BCUT2D eigenvalue weighted by Gasteiger charge is -2.10. The Labute approximate surface area is 109 Å². The molecule has 0 fully saturated rings. The molecule has 1 atom stereocenters. The first-order valence-electron chi connectivity index (χ1n) is 5.81. The Bertz CT molecular complexity index is 683. The third kappa shape index (κ3) is 1.85. The van der Waals surface area contributed by atoms with Crippen LogP contribution in [0.1, 0.15) is 17.3 Å². The van der Waals surface area contributed by atoms with Crippen molar-refractivity contribution >= 4 is 37.5 Å². The maximum absolute atomic E-state index is 3.67. The van der Waals surface area contributed by atoms with Crippen LogP contribution in [-0.2, 0) is 0 Å². The van der Waals surface area contributed by atoms with Crippen molar-refractivity contribution in [2.45, 2.75) is 11.8 Å². The lowest BCUT2D eigenvalue weighted by atomic mass is 9.99. The first-order valence-corrected chi connectivity index (χ1v) is 6.73. The van der Waals surface area contributed by atoms with E-state index in [0.717, 1.165) is 0 Å². The SMILES string of the molecule is CC(Br)c1cccc2cc3ccccc3cc12. The number of fused-ring (bicyclic) bond motifs is 2. The molecule has 0 aromatic heterocycles. The van der Waals surface area contributed by atoms with Gasteiger partial charge in [-0.15, -0.1) is 0 Å². The fraction of sp³-hybridized carbons (Fsp3) is 0.125. The largest absolute Gasteiger partial charge is 0.0842 e. The summed E-state index contributed by atoms with van der Waals surface area (Å²) in [7, 11) is 0. The Morgan fingerprint density at radius 3 is 2.18 bits per heavy atom. The smallest absolute Gasteiger partial charge is 0.0373 e. The number of alkyl halides is 1. The van der Waals surface area contributed by atoms with Crippen molar-refractivity contribution in [2.75, 3.05) is 0 Å². The van der Waals surface area contributed by atoms with Gasteiger partial charge in [-0.05, 0) is 46.2 Å². The van der Waals surface area contributed by atoms with Gasteiger partial charge in [-0.2, -0.15) is 0 Å². The molecule has 0 heterocycles. The van der Waals surface area contributed by atoms with Gasteiger partial charge in [-0.25, -0.2) is 0 Å².